The third-order valence-electron chi connectivity index (χ3n) is 3.61. The van der Waals surface area contributed by atoms with E-state index < -0.39 is 0 Å². The smallest absolute Gasteiger partial charge is 0.137 e. The van der Waals surface area contributed by atoms with Gasteiger partial charge in [-0.1, -0.05) is 42.5 Å². The van der Waals surface area contributed by atoms with Crippen LogP contribution >= 0.6 is 12.2 Å². The summed E-state index contributed by atoms with van der Waals surface area (Å²) in [5, 5.41) is 0. The fourth-order valence-corrected chi connectivity index (χ4v) is 2.57. The molecule has 2 aromatic rings. The predicted molar refractivity (Wildman–Crippen MR) is 87.1 cm³/mol. The fourth-order valence-electron chi connectivity index (χ4n) is 2.44. The lowest BCUT2D eigenvalue weighted by molar-refractivity contribution is 0.148. The Labute approximate surface area is 129 Å². The maximum absolute atomic E-state index is 5.90. The van der Waals surface area contributed by atoms with E-state index in [1.54, 1.807) is 0 Å². The van der Waals surface area contributed by atoms with Crippen LogP contribution in [0.2, 0.25) is 0 Å². The molecule has 3 rings (SSSR count). The highest BCUT2D eigenvalue weighted by Crippen LogP contribution is 2.29. The molecule has 1 unspecified atom stereocenters. The summed E-state index contributed by atoms with van der Waals surface area (Å²) in [5.74, 6) is 1.76. The van der Waals surface area contributed by atoms with E-state index in [0.717, 1.165) is 29.0 Å². The summed E-state index contributed by atoms with van der Waals surface area (Å²) in [7, 11) is 0. The molecule has 0 aromatic heterocycles. The molecule has 1 heterocycles. The maximum atomic E-state index is 5.90. The maximum Gasteiger partial charge on any atom is 0.137 e. The molecule has 21 heavy (non-hydrogen) atoms. The summed E-state index contributed by atoms with van der Waals surface area (Å²) >= 11 is 5.00. The summed E-state index contributed by atoms with van der Waals surface area (Å²) in [4.78, 5) is 0.379. The average Bonchev–Trinajstić information content (AvgIpc) is 2.89. The minimum atomic E-state index is 0.0512. The van der Waals surface area contributed by atoms with Crippen molar-refractivity contribution in [1.29, 1.82) is 0 Å². The average molecular weight is 299 g/mol. The van der Waals surface area contributed by atoms with Gasteiger partial charge >= 0.3 is 0 Å². The van der Waals surface area contributed by atoms with Crippen molar-refractivity contribution < 1.29 is 9.47 Å². The normalized spacial score (nSPS) is 16.1. The van der Waals surface area contributed by atoms with Crippen LogP contribution in [0.1, 0.15) is 16.7 Å². The Balaban J connectivity index is 1.67. The molecule has 0 saturated heterocycles. The second-order valence-electron chi connectivity index (χ2n) is 5.21. The van der Waals surface area contributed by atoms with Crippen LogP contribution in [0.4, 0.5) is 0 Å². The zero-order valence-electron chi connectivity index (χ0n) is 11.8. The molecule has 0 aliphatic carbocycles. The molecule has 0 saturated carbocycles. The Bertz CT molecular complexity index is 659. The van der Waals surface area contributed by atoms with Crippen molar-refractivity contribution in [3.8, 4) is 11.5 Å². The Morgan fingerprint density at radius 1 is 1.33 bits per heavy atom. The largest absolute Gasteiger partial charge is 0.489 e. The molecule has 2 N–H and O–H groups in total. The van der Waals surface area contributed by atoms with Gasteiger partial charge in [-0.25, -0.2) is 0 Å². The Hall–Kier alpha value is -2.07. The van der Waals surface area contributed by atoms with Gasteiger partial charge in [0.15, 0.2) is 0 Å². The molecule has 4 heteroatoms. The van der Waals surface area contributed by atoms with Crippen LogP contribution in [0.5, 0.6) is 11.5 Å². The van der Waals surface area contributed by atoms with Gasteiger partial charge in [-0.15, -0.1) is 0 Å². The zero-order chi connectivity index (χ0) is 14.8. The summed E-state index contributed by atoms with van der Waals surface area (Å²) in [5.41, 5.74) is 8.78. The summed E-state index contributed by atoms with van der Waals surface area (Å²) < 4.78 is 11.8. The SMILES string of the molecule is Cc1ccc(C(N)=S)cc1OCC1Cc2ccccc2O1. The molecule has 1 aliphatic rings. The minimum Gasteiger partial charge on any atom is -0.489 e. The van der Waals surface area contributed by atoms with Gasteiger partial charge in [0.25, 0.3) is 0 Å². The van der Waals surface area contributed by atoms with Crippen molar-refractivity contribution in [2.45, 2.75) is 19.4 Å². The molecule has 0 radical (unpaired) electrons. The van der Waals surface area contributed by atoms with Crippen LogP contribution < -0.4 is 15.2 Å². The zero-order valence-corrected chi connectivity index (χ0v) is 12.7. The number of aryl methyl sites for hydroxylation is 1. The van der Waals surface area contributed by atoms with Crippen LogP contribution in [-0.2, 0) is 6.42 Å². The van der Waals surface area contributed by atoms with Crippen molar-refractivity contribution in [2.24, 2.45) is 5.73 Å². The summed E-state index contributed by atoms with van der Waals surface area (Å²) in [6.07, 6.45) is 0.930. The minimum absolute atomic E-state index is 0.0512. The molecule has 0 bridgehead atoms. The van der Waals surface area contributed by atoms with Crippen LogP contribution in [0.3, 0.4) is 0 Å². The highest BCUT2D eigenvalue weighted by Gasteiger charge is 2.23. The highest BCUT2D eigenvalue weighted by atomic mass is 32.1. The number of nitrogens with two attached hydrogens (primary N) is 1. The predicted octanol–water partition coefficient (Wildman–Crippen LogP) is 3.01. The van der Waals surface area contributed by atoms with E-state index in [2.05, 4.69) is 6.07 Å². The van der Waals surface area contributed by atoms with Gasteiger partial charge in [-0.05, 0) is 30.2 Å². The van der Waals surface area contributed by atoms with Gasteiger partial charge in [0.2, 0.25) is 0 Å². The first-order valence-corrected chi connectivity index (χ1v) is 7.32. The molecule has 0 fully saturated rings. The van der Waals surface area contributed by atoms with E-state index in [1.165, 1.54) is 5.56 Å². The standard InChI is InChI=1S/C17H17NO2S/c1-11-6-7-13(17(18)21)9-16(11)19-10-14-8-12-4-2-3-5-15(12)20-14/h2-7,9,14H,8,10H2,1H3,(H2,18,21). The van der Waals surface area contributed by atoms with Crippen molar-refractivity contribution in [1.82, 2.24) is 0 Å². The van der Waals surface area contributed by atoms with E-state index >= 15 is 0 Å². The molecule has 2 aromatic carbocycles. The molecule has 1 atom stereocenters. The first kappa shape index (κ1) is 13.9. The van der Waals surface area contributed by atoms with E-state index in [9.17, 15) is 0 Å². The fraction of sp³-hybridized carbons (Fsp3) is 0.235. The van der Waals surface area contributed by atoms with E-state index in [-0.39, 0.29) is 6.10 Å². The highest BCUT2D eigenvalue weighted by molar-refractivity contribution is 7.80. The number of fused-ring (bicyclic) bond motifs is 1. The van der Waals surface area contributed by atoms with Crippen LogP contribution in [-0.4, -0.2) is 17.7 Å². The monoisotopic (exact) mass is 299 g/mol. The second kappa shape index (κ2) is 5.74. The van der Waals surface area contributed by atoms with Gasteiger partial charge in [0.1, 0.15) is 29.2 Å². The van der Waals surface area contributed by atoms with Gasteiger partial charge in [0, 0.05) is 12.0 Å². The summed E-state index contributed by atoms with van der Waals surface area (Å²) in [6.45, 7) is 2.51. The van der Waals surface area contributed by atoms with Gasteiger partial charge in [-0.3, -0.25) is 0 Å². The lowest BCUT2D eigenvalue weighted by Crippen LogP contribution is -2.22. The molecule has 0 amide bonds. The number of hydrogen-bond acceptors (Lipinski definition) is 3. The number of thiocarbonyl (C=S) groups is 1. The number of para-hydroxylation sites is 1. The molecular weight excluding hydrogens is 282 g/mol. The van der Waals surface area contributed by atoms with Gasteiger partial charge < -0.3 is 15.2 Å². The number of ether oxygens (including phenoxy) is 2. The lowest BCUT2D eigenvalue weighted by atomic mass is 10.1. The first-order valence-electron chi connectivity index (χ1n) is 6.91. The van der Waals surface area contributed by atoms with Crippen LogP contribution in [0, 0.1) is 6.92 Å². The molecule has 1 aliphatic heterocycles. The summed E-state index contributed by atoms with van der Waals surface area (Å²) in [6, 6.07) is 13.9. The molecule has 0 spiro atoms. The quantitative estimate of drug-likeness (QED) is 0.882. The third kappa shape index (κ3) is 3.00. The number of rotatable bonds is 4. The molecule has 3 nitrogen and oxygen atoms in total. The lowest BCUT2D eigenvalue weighted by Gasteiger charge is -2.14. The third-order valence-corrected chi connectivity index (χ3v) is 3.85. The van der Waals surface area contributed by atoms with Crippen molar-refractivity contribution >= 4 is 17.2 Å². The van der Waals surface area contributed by atoms with Crippen molar-refractivity contribution in [3.05, 3.63) is 59.2 Å². The van der Waals surface area contributed by atoms with Crippen LogP contribution in [0.25, 0.3) is 0 Å². The van der Waals surface area contributed by atoms with E-state index in [0.29, 0.717) is 11.6 Å². The van der Waals surface area contributed by atoms with Crippen molar-refractivity contribution in [3.63, 3.8) is 0 Å². The van der Waals surface area contributed by atoms with Crippen LogP contribution in [0.15, 0.2) is 42.5 Å². The number of benzene rings is 2. The topological polar surface area (TPSA) is 44.5 Å². The van der Waals surface area contributed by atoms with Gasteiger partial charge in [0.05, 0.1) is 0 Å². The van der Waals surface area contributed by atoms with E-state index in [4.69, 9.17) is 27.4 Å². The Morgan fingerprint density at radius 3 is 2.90 bits per heavy atom. The van der Waals surface area contributed by atoms with Crippen molar-refractivity contribution in [2.75, 3.05) is 6.61 Å². The molecule has 108 valence electrons. The molecular formula is C17H17NO2S. The number of hydrogen-bond donors (Lipinski definition) is 1. The van der Waals surface area contributed by atoms with Gasteiger partial charge in [-0.2, -0.15) is 0 Å². The Kier molecular flexibility index (Phi) is 3.80. The second-order valence-corrected chi connectivity index (χ2v) is 5.65. The van der Waals surface area contributed by atoms with E-state index in [1.807, 2.05) is 43.3 Å². The Morgan fingerprint density at radius 2 is 2.14 bits per heavy atom. The first-order chi connectivity index (χ1) is 10.1.